The Hall–Kier alpha value is -0.610. The van der Waals surface area contributed by atoms with E-state index in [1.165, 1.54) is 0 Å². The Bertz CT molecular complexity index is 259. The first-order chi connectivity index (χ1) is 7.87. The van der Waals surface area contributed by atoms with Crippen LogP contribution in [0.1, 0.15) is 33.6 Å². The fraction of sp³-hybridized carbons (Fsp3) is 0.923. The van der Waals surface area contributed by atoms with Gasteiger partial charge >= 0.3 is 0 Å². The van der Waals surface area contributed by atoms with E-state index in [-0.39, 0.29) is 17.4 Å². The number of nitrogens with zero attached hydrogens (tertiary/aromatic N) is 2. The number of hydrogen-bond acceptors (Lipinski definition) is 3. The molecule has 1 saturated heterocycles. The number of carbonyl (C=O) groups is 1. The van der Waals surface area contributed by atoms with Crippen LogP contribution in [0.5, 0.6) is 0 Å². The van der Waals surface area contributed by atoms with E-state index in [4.69, 9.17) is 5.73 Å². The number of amides is 1. The van der Waals surface area contributed by atoms with Gasteiger partial charge in [0.1, 0.15) is 0 Å². The Morgan fingerprint density at radius 2 is 1.94 bits per heavy atom. The first-order valence-corrected chi connectivity index (χ1v) is 6.56. The molecule has 1 rings (SSSR count). The second-order valence-electron chi connectivity index (χ2n) is 5.99. The summed E-state index contributed by atoms with van der Waals surface area (Å²) >= 11 is 0. The molecule has 0 saturated carbocycles. The Morgan fingerprint density at radius 1 is 1.41 bits per heavy atom. The summed E-state index contributed by atoms with van der Waals surface area (Å²) in [5.74, 6) is 0.262. The van der Waals surface area contributed by atoms with Crippen LogP contribution in [0.3, 0.4) is 0 Å². The normalized spacial score (nSPS) is 18.8. The van der Waals surface area contributed by atoms with Gasteiger partial charge in [-0.25, -0.2) is 0 Å². The van der Waals surface area contributed by atoms with Gasteiger partial charge in [0.15, 0.2) is 0 Å². The van der Waals surface area contributed by atoms with Crippen molar-refractivity contribution in [1.82, 2.24) is 9.80 Å². The van der Waals surface area contributed by atoms with Gasteiger partial charge in [-0.05, 0) is 38.8 Å². The number of nitrogens with two attached hydrogens (primary N) is 1. The predicted molar refractivity (Wildman–Crippen MR) is 70.7 cm³/mol. The van der Waals surface area contributed by atoms with Gasteiger partial charge in [0, 0.05) is 19.6 Å². The molecule has 0 aromatic heterocycles. The van der Waals surface area contributed by atoms with Crippen LogP contribution in [0.2, 0.25) is 0 Å². The third kappa shape index (κ3) is 3.96. The second kappa shape index (κ2) is 5.83. The minimum absolute atomic E-state index is 0.0427. The third-order valence-electron chi connectivity index (χ3n) is 3.67. The quantitative estimate of drug-likeness (QED) is 0.778. The Kier molecular flexibility index (Phi) is 4.95. The minimum Gasteiger partial charge on any atom is -0.341 e. The molecule has 17 heavy (non-hydrogen) atoms. The molecule has 0 aliphatic carbocycles. The first kappa shape index (κ1) is 14.5. The number of hydrogen-bond donors (Lipinski definition) is 1. The summed E-state index contributed by atoms with van der Waals surface area (Å²) in [4.78, 5) is 16.3. The van der Waals surface area contributed by atoms with E-state index >= 15 is 0 Å². The van der Waals surface area contributed by atoms with Crippen molar-refractivity contribution in [2.45, 2.75) is 39.7 Å². The van der Waals surface area contributed by atoms with Gasteiger partial charge < -0.3 is 10.6 Å². The van der Waals surface area contributed by atoms with Crippen molar-refractivity contribution in [2.24, 2.45) is 11.1 Å². The first-order valence-electron chi connectivity index (χ1n) is 6.56. The average Bonchev–Trinajstić information content (AvgIpc) is 2.80. The highest BCUT2D eigenvalue weighted by Gasteiger charge is 2.28. The van der Waals surface area contributed by atoms with Crippen LogP contribution in [0.4, 0.5) is 0 Å². The van der Waals surface area contributed by atoms with Crippen molar-refractivity contribution >= 4 is 5.91 Å². The summed E-state index contributed by atoms with van der Waals surface area (Å²) in [6.45, 7) is 9.61. The van der Waals surface area contributed by atoms with E-state index in [1.807, 2.05) is 18.9 Å². The SMILES string of the molecule is CC(C(=O)N1CCCC1)N(C)CC(C)(C)CN. The maximum absolute atomic E-state index is 12.2. The Balaban J connectivity index is 2.50. The number of likely N-dealkylation sites (tertiary alicyclic amines) is 1. The fourth-order valence-corrected chi connectivity index (χ4v) is 2.27. The van der Waals surface area contributed by atoms with E-state index in [0.717, 1.165) is 32.5 Å². The van der Waals surface area contributed by atoms with Gasteiger partial charge in [-0.15, -0.1) is 0 Å². The summed E-state index contributed by atoms with van der Waals surface area (Å²) in [6, 6.07) is -0.0427. The molecule has 1 unspecified atom stereocenters. The zero-order valence-electron chi connectivity index (χ0n) is 11.7. The molecule has 1 aliphatic rings. The Morgan fingerprint density at radius 3 is 2.41 bits per heavy atom. The lowest BCUT2D eigenvalue weighted by molar-refractivity contribution is -0.135. The summed E-state index contributed by atoms with van der Waals surface area (Å²) < 4.78 is 0. The molecule has 0 radical (unpaired) electrons. The molecule has 100 valence electrons. The summed E-state index contributed by atoms with van der Waals surface area (Å²) in [5.41, 5.74) is 5.79. The Labute approximate surface area is 105 Å². The lowest BCUT2D eigenvalue weighted by Crippen LogP contribution is -2.48. The van der Waals surface area contributed by atoms with E-state index in [1.54, 1.807) is 0 Å². The van der Waals surface area contributed by atoms with Crippen molar-refractivity contribution in [3.05, 3.63) is 0 Å². The van der Waals surface area contributed by atoms with Crippen LogP contribution < -0.4 is 5.73 Å². The molecular formula is C13H27N3O. The van der Waals surface area contributed by atoms with Crippen molar-refractivity contribution < 1.29 is 4.79 Å². The lowest BCUT2D eigenvalue weighted by atomic mass is 9.93. The molecule has 2 N–H and O–H groups in total. The van der Waals surface area contributed by atoms with Gasteiger partial charge in [0.25, 0.3) is 0 Å². The maximum Gasteiger partial charge on any atom is 0.239 e. The molecule has 0 aromatic rings. The number of rotatable bonds is 5. The standard InChI is InChI=1S/C13H27N3O/c1-11(12(17)16-7-5-6-8-16)15(4)10-13(2,3)9-14/h11H,5-10,14H2,1-4H3. The maximum atomic E-state index is 12.2. The molecule has 4 nitrogen and oxygen atoms in total. The van der Waals surface area contributed by atoms with Crippen LogP contribution in [0.25, 0.3) is 0 Å². The van der Waals surface area contributed by atoms with E-state index in [2.05, 4.69) is 18.7 Å². The smallest absolute Gasteiger partial charge is 0.239 e. The highest BCUT2D eigenvalue weighted by atomic mass is 16.2. The molecular weight excluding hydrogens is 214 g/mol. The fourth-order valence-electron chi connectivity index (χ4n) is 2.27. The summed E-state index contributed by atoms with van der Waals surface area (Å²) in [6.07, 6.45) is 2.30. The zero-order valence-corrected chi connectivity index (χ0v) is 11.7. The predicted octanol–water partition coefficient (Wildman–Crippen LogP) is 0.914. The monoisotopic (exact) mass is 241 g/mol. The molecule has 1 heterocycles. The molecule has 1 atom stereocenters. The molecule has 4 heteroatoms. The van der Waals surface area contributed by atoms with Crippen molar-refractivity contribution in [3.8, 4) is 0 Å². The molecule has 0 aromatic carbocycles. The average molecular weight is 241 g/mol. The van der Waals surface area contributed by atoms with Crippen molar-refractivity contribution in [1.29, 1.82) is 0 Å². The molecule has 1 aliphatic heterocycles. The highest BCUT2D eigenvalue weighted by molar-refractivity contribution is 5.81. The summed E-state index contributed by atoms with van der Waals surface area (Å²) in [7, 11) is 2.01. The van der Waals surface area contributed by atoms with E-state index in [9.17, 15) is 4.79 Å². The topological polar surface area (TPSA) is 49.6 Å². The largest absolute Gasteiger partial charge is 0.341 e. The highest BCUT2D eigenvalue weighted by Crippen LogP contribution is 2.17. The second-order valence-corrected chi connectivity index (χ2v) is 5.99. The van der Waals surface area contributed by atoms with Crippen LogP contribution in [0.15, 0.2) is 0 Å². The summed E-state index contributed by atoms with van der Waals surface area (Å²) in [5, 5.41) is 0. The van der Waals surface area contributed by atoms with E-state index < -0.39 is 0 Å². The molecule has 1 amide bonds. The van der Waals surface area contributed by atoms with Gasteiger partial charge in [-0.1, -0.05) is 13.8 Å². The molecule has 1 fully saturated rings. The lowest BCUT2D eigenvalue weighted by Gasteiger charge is -2.33. The number of likely N-dealkylation sites (N-methyl/N-ethyl adjacent to an activating group) is 1. The molecule has 0 bridgehead atoms. The van der Waals surface area contributed by atoms with Gasteiger partial charge in [0.05, 0.1) is 6.04 Å². The molecule has 0 spiro atoms. The van der Waals surface area contributed by atoms with Gasteiger partial charge in [-0.3, -0.25) is 9.69 Å². The number of carbonyl (C=O) groups excluding carboxylic acids is 1. The third-order valence-corrected chi connectivity index (χ3v) is 3.67. The van der Waals surface area contributed by atoms with Crippen molar-refractivity contribution in [3.63, 3.8) is 0 Å². The van der Waals surface area contributed by atoms with Crippen LogP contribution in [-0.2, 0) is 4.79 Å². The van der Waals surface area contributed by atoms with Crippen LogP contribution >= 0.6 is 0 Å². The van der Waals surface area contributed by atoms with Crippen molar-refractivity contribution in [2.75, 3.05) is 33.2 Å². The van der Waals surface area contributed by atoms with E-state index in [0.29, 0.717) is 6.54 Å². The van der Waals surface area contributed by atoms with Crippen LogP contribution in [-0.4, -0.2) is 55.0 Å². The zero-order chi connectivity index (χ0) is 13.1. The van der Waals surface area contributed by atoms with Gasteiger partial charge in [-0.2, -0.15) is 0 Å². The van der Waals surface area contributed by atoms with Crippen LogP contribution in [0, 0.1) is 5.41 Å². The van der Waals surface area contributed by atoms with Gasteiger partial charge in [0.2, 0.25) is 5.91 Å². The minimum atomic E-state index is -0.0427.